The van der Waals surface area contributed by atoms with Crippen LogP contribution in [0.3, 0.4) is 0 Å². The predicted octanol–water partition coefficient (Wildman–Crippen LogP) is 2.67. The van der Waals surface area contributed by atoms with Gasteiger partial charge in [0.25, 0.3) is 11.1 Å². The normalized spacial score (nSPS) is 18.3. The number of hydrogen-bond donors (Lipinski definition) is 0. The van der Waals surface area contributed by atoms with Gasteiger partial charge in [-0.3, -0.25) is 24.1 Å². The van der Waals surface area contributed by atoms with Gasteiger partial charge < -0.3 is 14.4 Å². The molecule has 2 aliphatic heterocycles. The van der Waals surface area contributed by atoms with Crippen molar-refractivity contribution in [3.63, 3.8) is 0 Å². The molecule has 0 unspecified atom stereocenters. The molecule has 1 aromatic rings. The number of methoxy groups -OCH3 is 1. The molecule has 0 saturated carbocycles. The minimum atomic E-state index is -0.492. The molecule has 9 heteroatoms. The second kappa shape index (κ2) is 9.13. The highest BCUT2D eigenvalue weighted by atomic mass is 32.2. The number of amides is 3. The number of esters is 1. The van der Waals surface area contributed by atoms with Gasteiger partial charge in [0.2, 0.25) is 5.91 Å². The van der Waals surface area contributed by atoms with Crippen molar-refractivity contribution in [3.05, 3.63) is 28.7 Å². The number of rotatable bonds is 5. The fraction of sp³-hybridized carbons (Fsp3) is 0.400. The molecule has 1 aromatic carbocycles. The number of likely N-dealkylation sites (tertiary alicyclic amines) is 1. The van der Waals surface area contributed by atoms with Crippen molar-refractivity contribution in [1.82, 2.24) is 9.80 Å². The Hall–Kier alpha value is -2.81. The Labute approximate surface area is 172 Å². The zero-order chi connectivity index (χ0) is 21.0. The fourth-order valence-electron chi connectivity index (χ4n) is 3.18. The number of piperidine rings is 1. The summed E-state index contributed by atoms with van der Waals surface area (Å²) >= 11 is 0.795. The number of hydrogen-bond acceptors (Lipinski definition) is 7. The van der Waals surface area contributed by atoms with Gasteiger partial charge in [0.1, 0.15) is 6.54 Å². The summed E-state index contributed by atoms with van der Waals surface area (Å²) in [5.41, 5.74) is 0.602. The van der Waals surface area contributed by atoms with Crippen molar-refractivity contribution in [2.24, 2.45) is 0 Å². The van der Waals surface area contributed by atoms with Gasteiger partial charge >= 0.3 is 5.97 Å². The van der Waals surface area contributed by atoms with Crippen LogP contribution >= 0.6 is 11.8 Å². The molecular formula is C20H22N2O6S. The van der Waals surface area contributed by atoms with Crippen LogP contribution in [0.1, 0.15) is 31.7 Å². The Bertz CT molecular complexity index is 876. The third-order valence-corrected chi connectivity index (χ3v) is 5.52. The van der Waals surface area contributed by atoms with Gasteiger partial charge in [-0.2, -0.15) is 0 Å². The van der Waals surface area contributed by atoms with Crippen LogP contribution in [0.5, 0.6) is 11.5 Å². The molecule has 0 aromatic heterocycles. The van der Waals surface area contributed by atoms with Gasteiger partial charge in [0.15, 0.2) is 11.5 Å². The molecule has 2 heterocycles. The minimum absolute atomic E-state index is 0.208. The van der Waals surface area contributed by atoms with E-state index in [1.807, 2.05) is 0 Å². The van der Waals surface area contributed by atoms with Crippen LogP contribution in [-0.4, -0.2) is 59.6 Å². The SMILES string of the molecule is COc1cc(/C=C2\SC(=O)N(CC(=O)N3CCCCC3)C2=O)ccc1OC(C)=O. The summed E-state index contributed by atoms with van der Waals surface area (Å²) in [6.07, 6.45) is 4.53. The Balaban J connectivity index is 1.73. The standard InChI is InChI=1S/C20H22N2O6S/c1-13(23)28-15-7-6-14(10-16(15)27-2)11-17-19(25)22(20(26)29-17)12-18(24)21-8-4-3-5-9-21/h6-7,10-11H,3-5,8-9,12H2,1-2H3/b17-11-. The quantitative estimate of drug-likeness (QED) is 0.412. The summed E-state index contributed by atoms with van der Waals surface area (Å²) in [7, 11) is 1.44. The second-order valence-corrected chi connectivity index (χ2v) is 7.71. The van der Waals surface area contributed by atoms with Crippen molar-refractivity contribution < 1.29 is 28.7 Å². The second-order valence-electron chi connectivity index (χ2n) is 6.71. The van der Waals surface area contributed by atoms with Crippen LogP contribution in [0.15, 0.2) is 23.1 Å². The summed E-state index contributed by atoms with van der Waals surface area (Å²) in [5, 5.41) is -0.463. The molecule has 3 amide bonds. The van der Waals surface area contributed by atoms with Crippen LogP contribution in [0.4, 0.5) is 4.79 Å². The lowest BCUT2D eigenvalue weighted by Gasteiger charge is -2.27. The van der Waals surface area contributed by atoms with E-state index in [9.17, 15) is 19.2 Å². The van der Waals surface area contributed by atoms with Crippen LogP contribution in [0.2, 0.25) is 0 Å². The van der Waals surface area contributed by atoms with Crippen LogP contribution in [0.25, 0.3) is 6.08 Å². The summed E-state index contributed by atoms with van der Waals surface area (Å²) in [4.78, 5) is 51.4. The van der Waals surface area contributed by atoms with Crippen LogP contribution in [0, 0.1) is 0 Å². The Morgan fingerprint density at radius 1 is 1.14 bits per heavy atom. The lowest BCUT2D eigenvalue weighted by molar-refractivity contribution is -0.136. The van der Waals surface area contributed by atoms with Gasteiger partial charge in [0, 0.05) is 20.0 Å². The summed E-state index contributed by atoms with van der Waals surface area (Å²) in [6, 6.07) is 4.80. The van der Waals surface area contributed by atoms with E-state index in [1.54, 1.807) is 29.2 Å². The first-order valence-electron chi connectivity index (χ1n) is 9.28. The van der Waals surface area contributed by atoms with E-state index in [2.05, 4.69) is 0 Å². The van der Waals surface area contributed by atoms with Gasteiger partial charge in [-0.05, 0) is 54.8 Å². The molecule has 2 saturated heterocycles. The molecule has 2 aliphatic rings. The molecular weight excluding hydrogens is 396 g/mol. The zero-order valence-corrected chi connectivity index (χ0v) is 17.1. The van der Waals surface area contributed by atoms with Gasteiger partial charge in [-0.1, -0.05) is 6.07 Å². The first-order chi connectivity index (χ1) is 13.9. The van der Waals surface area contributed by atoms with E-state index in [0.29, 0.717) is 24.4 Å². The monoisotopic (exact) mass is 418 g/mol. The first-order valence-corrected chi connectivity index (χ1v) is 10.1. The average molecular weight is 418 g/mol. The van der Waals surface area contributed by atoms with E-state index >= 15 is 0 Å². The number of carbonyl (C=O) groups is 4. The largest absolute Gasteiger partial charge is 0.493 e. The van der Waals surface area contributed by atoms with Crippen molar-refractivity contribution in [2.75, 3.05) is 26.7 Å². The van der Waals surface area contributed by atoms with Gasteiger partial charge in [-0.25, -0.2) is 0 Å². The van der Waals surface area contributed by atoms with E-state index in [0.717, 1.165) is 35.9 Å². The molecule has 0 radical (unpaired) electrons. The molecule has 0 N–H and O–H groups in total. The number of carbonyl (C=O) groups excluding carboxylic acids is 4. The highest BCUT2D eigenvalue weighted by Crippen LogP contribution is 2.34. The number of nitrogens with zero attached hydrogens (tertiary/aromatic N) is 2. The first kappa shape index (κ1) is 20.9. The van der Waals surface area contributed by atoms with Crippen molar-refractivity contribution in [3.8, 4) is 11.5 Å². The maximum absolute atomic E-state index is 12.7. The Kier molecular flexibility index (Phi) is 6.58. The Morgan fingerprint density at radius 3 is 2.52 bits per heavy atom. The zero-order valence-electron chi connectivity index (χ0n) is 16.3. The van der Waals surface area contributed by atoms with E-state index in [1.165, 1.54) is 14.0 Å². The number of thioether (sulfide) groups is 1. The number of benzene rings is 1. The summed E-state index contributed by atoms with van der Waals surface area (Å²) in [6.45, 7) is 2.38. The molecule has 29 heavy (non-hydrogen) atoms. The third-order valence-electron chi connectivity index (χ3n) is 4.61. The van der Waals surface area contributed by atoms with E-state index in [4.69, 9.17) is 9.47 Å². The molecule has 0 spiro atoms. The molecule has 0 atom stereocenters. The van der Waals surface area contributed by atoms with E-state index < -0.39 is 17.1 Å². The van der Waals surface area contributed by atoms with Gasteiger partial charge in [0.05, 0.1) is 12.0 Å². The average Bonchev–Trinajstić information content (AvgIpc) is 2.96. The minimum Gasteiger partial charge on any atom is -0.493 e. The Morgan fingerprint density at radius 2 is 1.86 bits per heavy atom. The highest BCUT2D eigenvalue weighted by Gasteiger charge is 2.37. The molecule has 0 bridgehead atoms. The molecule has 154 valence electrons. The smallest absolute Gasteiger partial charge is 0.308 e. The summed E-state index contributed by atoms with van der Waals surface area (Å²) in [5.74, 6) is -0.588. The molecule has 8 nitrogen and oxygen atoms in total. The number of imide groups is 1. The summed E-state index contributed by atoms with van der Waals surface area (Å²) < 4.78 is 10.3. The molecule has 2 fully saturated rings. The highest BCUT2D eigenvalue weighted by molar-refractivity contribution is 8.18. The van der Waals surface area contributed by atoms with Crippen molar-refractivity contribution in [1.29, 1.82) is 0 Å². The maximum Gasteiger partial charge on any atom is 0.308 e. The van der Waals surface area contributed by atoms with Crippen LogP contribution < -0.4 is 9.47 Å². The van der Waals surface area contributed by atoms with E-state index in [-0.39, 0.29) is 23.1 Å². The third kappa shape index (κ3) is 4.97. The number of ether oxygens (including phenoxy) is 2. The van der Waals surface area contributed by atoms with Crippen molar-refractivity contribution in [2.45, 2.75) is 26.2 Å². The lowest BCUT2D eigenvalue weighted by atomic mass is 10.1. The predicted molar refractivity (Wildman–Crippen MR) is 107 cm³/mol. The lowest BCUT2D eigenvalue weighted by Crippen LogP contribution is -2.44. The maximum atomic E-state index is 12.7. The van der Waals surface area contributed by atoms with Gasteiger partial charge in [-0.15, -0.1) is 0 Å². The molecule has 3 rings (SSSR count). The van der Waals surface area contributed by atoms with Crippen LogP contribution in [-0.2, 0) is 14.4 Å². The topological polar surface area (TPSA) is 93.2 Å². The fourth-order valence-corrected chi connectivity index (χ4v) is 4.02. The van der Waals surface area contributed by atoms with Crippen molar-refractivity contribution >= 4 is 40.9 Å². The molecule has 0 aliphatic carbocycles.